The van der Waals surface area contributed by atoms with Gasteiger partial charge in [0.2, 0.25) is 5.91 Å². The maximum atomic E-state index is 14.6. The van der Waals surface area contributed by atoms with Crippen LogP contribution in [0, 0.1) is 11.8 Å². The second-order valence-electron chi connectivity index (χ2n) is 13.6. The van der Waals surface area contributed by atoms with Crippen LogP contribution in [0.3, 0.4) is 0 Å². The Morgan fingerprint density at radius 2 is 1.91 bits per heavy atom. The van der Waals surface area contributed by atoms with Crippen molar-refractivity contribution in [2.75, 3.05) is 31.6 Å². The van der Waals surface area contributed by atoms with Gasteiger partial charge in [-0.1, -0.05) is 31.1 Å². The van der Waals surface area contributed by atoms with Crippen LogP contribution in [0.1, 0.15) is 91.0 Å². The first kappa shape index (κ1) is 33.5. The molecular weight excluding hydrogens is 580 g/mol. The number of carbonyl (C=O) groups is 3. The zero-order valence-electron chi connectivity index (χ0n) is 26.2. The molecule has 0 bridgehead atoms. The Morgan fingerprint density at radius 1 is 1.21 bits per heavy atom. The van der Waals surface area contributed by atoms with Crippen molar-refractivity contribution in [3.63, 3.8) is 0 Å². The third-order valence-electron chi connectivity index (χ3n) is 8.49. The summed E-state index contributed by atoms with van der Waals surface area (Å²) in [6.07, 6.45) is 2.56. The van der Waals surface area contributed by atoms with E-state index in [1.807, 2.05) is 34.6 Å². The van der Waals surface area contributed by atoms with Crippen LogP contribution >= 0.6 is 11.3 Å². The molecular formula is C30H47F2N5O5S. The molecule has 3 heterocycles. The van der Waals surface area contributed by atoms with E-state index in [-0.39, 0.29) is 35.5 Å². The van der Waals surface area contributed by atoms with E-state index in [1.54, 1.807) is 6.20 Å². The van der Waals surface area contributed by atoms with E-state index >= 15 is 0 Å². The van der Waals surface area contributed by atoms with Gasteiger partial charge in [-0.25, -0.2) is 18.6 Å². The third kappa shape index (κ3) is 9.31. The Kier molecular flexibility index (Phi) is 10.7. The molecule has 43 heavy (non-hydrogen) atoms. The molecule has 10 nitrogen and oxygen atoms in total. The minimum Gasteiger partial charge on any atom is -0.436 e. The molecule has 2 aliphatic heterocycles. The van der Waals surface area contributed by atoms with E-state index in [4.69, 9.17) is 9.47 Å². The second kappa shape index (κ2) is 13.7. The highest BCUT2D eigenvalue weighted by atomic mass is 32.1. The lowest BCUT2D eigenvalue weighted by Crippen LogP contribution is -2.54. The Hall–Kier alpha value is -2.38. The number of halogens is 2. The van der Waals surface area contributed by atoms with Crippen molar-refractivity contribution in [2.45, 2.75) is 116 Å². The molecule has 242 valence electrons. The predicted molar refractivity (Wildman–Crippen MR) is 160 cm³/mol. The SMILES string of the molecule is CC1CCC(C(OC(=O)NC(C)(C)C)C(=O)Nc2ncc(C(CN3C[C@H](C)OC[C@@H]3C)N3CC(F)(F)CCC3=O)s2)CC1. The molecule has 0 aromatic carbocycles. The van der Waals surface area contributed by atoms with Crippen molar-refractivity contribution in [3.8, 4) is 0 Å². The molecule has 1 aromatic heterocycles. The molecule has 0 radical (unpaired) electrons. The number of hydrogen-bond acceptors (Lipinski definition) is 8. The monoisotopic (exact) mass is 627 g/mol. The third-order valence-corrected chi connectivity index (χ3v) is 9.50. The van der Waals surface area contributed by atoms with Crippen LogP contribution in [-0.2, 0) is 19.1 Å². The fraction of sp³-hybridized carbons (Fsp3) is 0.800. The number of nitrogens with one attached hydrogen (secondary N) is 2. The Morgan fingerprint density at radius 3 is 2.58 bits per heavy atom. The fourth-order valence-electron chi connectivity index (χ4n) is 6.00. The summed E-state index contributed by atoms with van der Waals surface area (Å²) < 4.78 is 40.6. The minimum atomic E-state index is -2.98. The van der Waals surface area contributed by atoms with Gasteiger partial charge in [0.1, 0.15) is 0 Å². The van der Waals surface area contributed by atoms with Crippen molar-refractivity contribution >= 4 is 34.4 Å². The van der Waals surface area contributed by atoms with Gasteiger partial charge in [0, 0.05) is 49.6 Å². The summed E-state index contributed by atoms with van der Waals surface area (Å²) in [4.78, 5) is 47.6. The fourth-order valence-corrected chi connectivity index (χ4v) is 6.93. The van der Waals surface area contributed by atoms with Crippen molar-refractivity contribution < 1.29 is 32.6 Å². The first-order valence-electron chi connectivity index (χ1n) is 15.4. The summed E-state index contributed by atoms with van der Waals surface area (Å²) in [5, 5.41) is 5.85. The van der Waals surface area contributed by atoms with E-state index in [1.165, 1.54) is 4.90 Å². The number of hydrogen-bond donors (Lipinski definition) is 2. The van der Waals surface area contributed by atoms with Crippen LogP contribution in [0.15, 0.2) is 6.20 Å². The molecule has 0 spiro atoms. The van der Waals surface area contributed by atoms with Crippen LogP contribution in [0.25, 0.3) is 0 Å². The first-order valence-corrected chi connectivity index (χ1v) is 16.2. The van der Waals surface area contributed by atoms with E-state index in [2.05, 4.69) is 27.4 Å². The predicted octanol–water partition coefficient (Wildman–Crippen LogP) is 5.21. The molecule has 4 rings (SSSR count). The summed E-state index contributed by atoms with van der Waals surface area (Å²) in [6.45, 7) is 12.4. The number of likely N-dealkylation sites (tertiary alicyclic amines) is 1. The maximum absolute atomic E-state index is 14.6. The van der Waals surface area contributed by atoms with Crippen molar-refractivity contribution in [3.05, 3.63) is 11.1 Å². The van der Waals surface area contributed by atoms with Gasteiger partial charge in [-0.15, -0.1) is 0 Å². The van der Waals surface area contributed by atoms with Gasteiger partial charge in [-0.05, 0) is 53.4 Å². The average molecular weight is 628 g/mol. The molecule has 3 fully saturated rings. The van der Waals surface area contributed by atoms with Crippen molar-refractivity contribution in [1.82, 2.24) is 20.1 Å². The van der Waals surface area contributed by atoms with Gasteiger partial charge < -0.3 is 19.7 Å². The van der Waals surface area contributed by atoms with Crippen molar-refractivity contribution in [1.29, 1.82) is 0 Å². The van der Waals surface area contributed by atoms with E-state index in [0.717, 1.165) is 37.0 Å². The van der Waals surface area contributed by atoms with Gasteiger partial charge >= 0.3 is 6.09 Å². The molecule has 1 aliphatic carbocycles. The first-order chi connectivity index (χ1) is 20.1. The number of rotatable bonds is 8. The number of aromatic nitrogens is 1. The number of piperidine rings is 1. The standard InChI is InChI=1S/C30H47F2N5O5S/c1-18-7-9-21(10-8-18)25(42-28(40)35-29(4,5)6)26(39)34-27-33-13-23(43-27)22(15-36-14-20(3)41-16-19(36)2)37-17-30(31,32)12-11-24(37)38/h13,18-22,25H,7-12,14-17H2,1-6H3,(H,35,40)(H,33,34,39)/t18?,19-,20-,21?,22?,25?/m0/s1. The summed E-state index contributed by atoms with van der Waals surface area (Å²) in [6, 6.07) is -0.624. The Bertz CT molecular complexity index is 1140. The van der Waals surface area contributed by atoms with Gasteiger partial charge in [0.15, 0.2) is 11.2 Å². The number of amides is 3. The number of nitrogens with zero attached hydrogens (tertiary/aromatic N) is 3. The number of anilines is 1. The molecule has 2 saturated heterocycles. The molecule has 2 N–H and O–H groups in total. The van der Waals surface area contributed by atoms with Crippen LogP contribution < -0.4 is 10.6 Å². The summed E-state index contributed by atoms with van der Waals surface area (Å²) in [5.74, 6) is -3.37. The molecule has 3 aliphatic rings. The molecule has 2 unspecified atom stereocenters. The Labute approximate surface area is 257 Å². The summed E-state index contributed by atoms with van der Waals surface area (Å²) >= 11 is 1.15. The van der Waals surface area contributed by atoms with Gasteiger partial charge in [-0.3, -0.25) is 19.8 Å². The number of ether oxygens (including phenoxy) is 2. The molecule has 1 saturated carbocycles. The number of alkyl carbamates (subject to hydrolysis) is 1. The van der Waals surface area contributed by atoms with Crippen LogP contribution in [0.4, 0.5) is 18.7 Å². The second-order valence-corrected chi connectivity index (χ2v) is 14.7. The molecule has 1 aromatic rings. The quantitative estimate of drug-likeness (QED) is 0.407. The zero-order valence-corrected chi connectivity index (χ0v) is 27.0. The van der Waals surface area contributed by atoms with Gasteiger partial charge in [0.05, 0.1) is 30.2 Å². The topological polar surface area (TPSA) is 113 Å². The highest BCUT2D eigenvalue weighted by Gasteiger charge is 2.44. The summed E-state index contributed by atoms with van der Waals surface area (Å²) in [7, 11) is 0. The van der Waals surface area contributed by atoms with E-state index in [9.17, 15) is 23.2 Å². The Balaban J connectivity index is 1.54. The lowest BCUT2D eigenvalue weighted by atomic mass is 9.80. The lowest BCUT2D eigenvalue weighted by Gasteiger charge is -2.43. The van der Waals surface area contributed by atoms with Crippen LogP contribution in [0.5, 0.6) is 0 Å². The summed E-state index contributed by atoms with van der Waals surface area (Å²) in [5.41, 5.74) is -0.531. The number of thiazole rings is 1. The largest absolute Gasteiger partial charge is 0.436 e. The normalized spacial score (nSPS) is 28.2. The highest BCUT2D eigenvalue weighted by Crippen LogP contribution is 2.37. The zero-order chi connectivity index (χ0) is 31.5. The molecule has 3 amide bonds. The highest BCUT2D eigenvalue weighted by molar-refractivity contribution is 7.15. The smallest absolute Gasteiger partial charge is 0.408 e. The van der Waals surface area contributed by atoms with Gasteiger partial charge in [0.25, 0.3) is 11.8 Å². The van der Waals surface area contributed by atoms with Crippen LogP contribution in [0.2, 0.25) is 0 Å². The van der Waals surface area contributed by atoms with E-state index < -0.39 is 48.6 Å². The van der Waals surface area contributed by atoms with E-state index in [0.29, 0.717) is 30.5 Å². The number of carbonyl (C=O) groups excluding carboxylic acids is 3. The van der Waals surface area contributed by atoms with Crippen molar-refractivity contribution in [2.24, 2.45) is 11.8 Å². The molecule has 13 heteroatoms. The maximum Gasteiger partial charge on any atom is 0.408 e. The lowest BCUT2D eigenvalue weighted by molar-refractivity contribution is -0.153. The molecule has 4 atom stereocenters. The number of morpholine rings is 1. The minimum absolute atomic E-state index is 0.0261. The number of alkyl halides is 2. The van der Waals surface area contributed by atoms with Gasteiger partial charge in [-0.2, -0.15) is 0 Å². The van der Waals surface area contributed by atoms with Crippen LogP contribution in [-0.4, -0.2) is 88.6 Å². The average Bonchev–Trinajstić information content (AvgIpc) is 3.37.